The van der Waals surface area contributed by atoms with E-state index in [0.29, 0.717) is 0 Å². The van der Waals surface area contributed by atoms with Crippen LogP contribution < -0.4 is 4.90 Å². The lowest BCUT2D eigenvalue weighted by atomic mass is 9.98. The van der Waals surface area contributed by atoms with Crippen molar-refractivity contribution in [1.82, 2.24) is 4.57 Å². The third-order valence-corrected chi connectivity index (χ3v) is 11.3. The second-order valence-corrected chi connectivity index (χ2v) is 14.5. The van der Waals surface area contributed by atoms with Crippen LogP contribution in [-0.4, -0.2) is 4.57 Å². The van der Waals surface area contributed by atoms with E-state index in [2.05, 4.69) is 228 Å². The number of fused-ring (bicyclic) bond motifs is 7. The van der Waals surface area contributed by atoms with Crippen LogP contribution in [0.2, 0.25) is 0 Å². The first-order valence-electron chi connectivity index (χ1n) is 19.3. The molecule has 0 fully saturated rings. The number of hydrogen-bond donors (Lipinski definition) is 0. The molecule has 11 aromatic rings. The van der Waals surface area contributed by atoms with Gasteiger partial charge in [0.1, 0.15) is 0 Å². The smallest absolute Gasteiger partial charge is 0.0547 e. The Hall–Kier alpha value is -7.42. The molecule has 0 spiro atoms. The highest BCUT2D eigenvalue weighted by Gasteiger charge is 2.20. The second kappa shape index (κ2) is 13.2. The summed E-state index contributed by atoms with van der Waals surface area (Å²) in [7, 11) is 0. The van der Waals surface area contributed by atoms with Gasteiger partial charge in [0.25, 0.3) is 0 Å². The highest BCUT2D eigenvalue weighted by molar-refractivity contribution is 6.15. The third kappa shape index (κ3) is 5.26. The monoisotopic (exact) mass is 712 g/mol. The van der Waals surface area contributed by atoms with Gasteiger partial charge in [0.2, 0.25) is 0 Å². The van der Waals surface area contributed by atoms with E-state index in [-0.39, 0.29) is 0 Å². The molecule has 2 nitrogen and oxygen atoms in total. The van der Waals surface area contributed by atoms with E-state index >= 15 is 0 Å². The molecule has 262 valence electrons. The van der Waals surface area contributed by atoms with Crippen LogP contribution in [-0.2, 0) is 0 Å². The van der Waals surface area contributed by atoms with Gasteiger partial charge >= 0.3 is 0 Å². The molecule has 0 unspecified atom stereocenters. The van der Waals surface area contributed by atoms with Gasteiger partial charge in [-0.1, -0.05) is 164 Å². The molecular weight excluding hydrogens is 677 g/mol. The molecule has 11 rings (SSSR count). The van der Waals surface area contributed by atoms with Crippen LogP contribution in [0.4, 0.5) is 17.1 Å². The molecule has 0 aliphatic carbocycles. The number of rotatable bonds is 6. The Labute approximate surface area is 325 Å². The summed E-state index contributed by atoms with van der Waals surface area (Å²) in [5.74, 6) is 0. The van der Waals surface area contributed by atoms with Gasteiger partial charge in [-0.2, -0.15) is 0 Å². The summed E-state index contributed by atoms with van der Waals surface area (Å²) in [6.07, 6.45) is 0. The Morgan fingerprint density at radius 2 is 0.839 bits per heavy atom. The van der Waals surface area contributed by atoms with Crippen LogP contribution in [0.15, 0.2) is 218 Å². The number of anilines is 3. The van der Waals surface area contributed by atoms with E-state index in [1.807, 2.05) is 0 Å². The third-order valence-electron chi connectivity index (χ3n) is 11.3. The maximum Gasteiger partial charge on any atom is 0.0547 e. The lowest BCUT2D eigenvalue weighted by Crippen LogP contribution is -2.10. The van der Waals surface area contributed by atoms with Gasteiger partial charge in [0.05, 0.1) is 22.4 Å². The Morgan fingerprint density at radius 3 is 1.59 bits per heavy atom. The zero-order valence-corrected chi connectivity index (χ0v) is 30.7. The Bertz CT molecular complexity index is 3230. The molecule has 0 atom stereocenters. The normalized spacial score (nSPS) is 11.6. The van der Waals surface area contributed by atoms with E-state index in [0.717, 1.165) is 22.7 Å². The maximum absolute atomic E-state index is 2.45. The molecule has 10 aromatic carbocycles. The molecule has 56 heavy (non-hydrogen) atoms. The van der Waals surface area contributed by atoms with Gasteiger partial charge in [-0.05, 0) is 98.2 Å². The summed E-state index contributed by atoms with van der Waals surface area (Å²) in [5, 5.41) is 9.96. The Balaban J connectivity index is 1.08. The standard InChI is InChI=1S/C54H36N2/c1-2-14-37(15-3-1)38-26-30-43(31-27-38)55(53-36-42-18-6-7-19-45(42)47-21-8-9-22-48(47)53)44-32-28-39(29-33-44)46-20-10-12-24-51(46)56-52-25-13-11-23-49(52)50-34-40-16-4-5-17-41(40)35-54(50)56/h1-36H. The van der Waals surface area contributed by atoms with Crippen molar-refractivity contribution in [2.24, 2.45) is 0 Å². The summed E-state index contributed by atoms with van der Waals surface area (Å²) in [6, 6.07) is 79.5. The van der Waals surface area contributed by atoms with Crippen molar-refractivity contribution < 1.29 is 0 Å². The van der Waals surface area contributed by atoms with Crippen molar-refractivity contribution in [2.45, 2.75) is 0 Å². The van der Waals surface area contributed by atoms with Crippen LogP contribution in [0.3, 0.4) is 0 Å². The lowest BCUT2D eigenvalue weighted by molar-refractivity contribution is 1.18. The van der Waals surface area contributed by atoms with Crippen molar-refractivity contribution in [3.8, 4) is 27.9 Å². The summed E-state index contributed by atoms with van der Waals surface area (Å²) < 4.78 is 2.45. The second-order valence-electron chi connectivity index (χ2n) is 14.5. The molecule has 0 bridgehead atoms. The van der Waals surface area contributed by atoms with Gasteiger partial charge in [-0.25, -0.2) is 0 Å². The van der Waals surface area contributed by atoms with Crippen LogP contribution in [0.1, 0.15) is 0 Å². The lowest BCUT2D eigenvalue weighted by Gasteiger charge is -2.28. The first-order chi connectivity index (χ1) is 27.8. The zero-order chi connectivity index (χ0) is 37.0. The molecule has 0 N–H and O–H groups in total. The van der Waals surface area contributed by atoms with E-state index in [9.17, 15) is 0 Å². The predicted molar refractivity (Wildman–Crippen MR) is 239 cm³/mol. The SMILES string of the molecule is c1ccc(-c2ccc(N(c3ccc(-c4ccccc4-n4c5ccccc5c5cc6ccccc6cc54)cc3)c3cc4ccccc4c4ccccc34)cc2)cc1. The first-order valence-corrected chi connectivity index (χ1v) is 19.3. The van der Waals surface area contributed by atoms with Gasteiger partial charge in [-0.15, -0.1) is 0 Å². The fourth-order valence-corrected chi connectivity index (χ4v) is 8.70. The minimum Gasteiger partial charge on any atom is -0.310 e. The van der Waals surface area contributed by atoms with E-state index in [1.165, 1.54) is 76.4 Å². The number of para-hydroxylation sites is 2. The van der Waals surface area contributed by atoms with Crippen LogP contribution in [0.5, 0.6) is 0 Å². The number of hydrogen-bond acceptors (Lipinski definition) is 1. The maximum atomic E-state index is 2.45. The molecule has 1 aromatic heterocycles. The van der Waals surface area contributed by atoms with Crippen molar-refractivity contribution in [3.63, 3.8) is 0 Å². The van der Waals surface area contributed by atoms with Crippen molar-refractivity contribution in [3.05, 3.63) is 218 Å². The van der Waals surface area contributed by atoms with Gasteiger partial charge < -0.3 is 9.47 Å². The van der Waals surface area contributed by atoms with Gasteiger partial charge in [0, 0.05) is 33.1 Å². The summed E-state index contributed by atoms with van der Waals surface area (Å²) in [4.78, 5) is 2.41. The van der Waals surface area contributed by atoms with Crippen molar-refractivity contribution in [2.75, 3.05) is 4.90 Å². The largest absolute Gasteiger partial charge is 0.310 e. The topological polar surface area (TPSA) is 8.17 Å². The minimum absolute atomic E-state index is 1.10. The molecule has 0 saturated heterocycles. The molecular formula is C54H36N2. The van der Waals surface area contributed by atoms with Gasteiger partial charge in [0.15, 0.2) is 0 Å². The highest BCUT2D eigenvalue weighted by atomic mass is 15.1. The number of benzene rings is 10. The minimum atomic E-state index is 1.10. The average Bonchev–Trinajstić information content (AvgIpc) is 3.59. The molecule has 0 aliphatic rings. The fraction of sp³-hybridized carbons (Fsp3) is 0. The average molecular weight is 713 g/mol. The first kappa shape index (κ1) is 32.0. The highest BCUT2D eigenvalue weighted by Crippen LogP contribution is 2.44. The number of nitrogens with zero attached hydrogens (tertiary/aromatic N) is 2. The number of aromatic nitrogens is 1. The summed E-state index contributed by atoms with van der Waals surface area (Å²) in [6.45, 7) is 0. The van der Waals surface area contributed by atoms with Crippen LogP contribution >= 0.6 is 0 Å². The molecule has 2 heteroatoms. The van der Waals surface area contributed by atoms with E-state index in [1.54, 1.807) is 0 Å². The van der Waals surface area contributed by atoms with E-state index in [4.69, 9.17) is 0 Å². The molecule has 0 radical (unpaired) electrons. The Kier molecular flexibility index (Phi) is 7.53. The zero-order valence-electron chi connectivity index (χ0n) is 30.7. The predicted octanol–water partition coefficient (Wildman–Crippen LogP) is 15.0. The quantitative estimate of drug-likeness (QED) is 0.156. The van der Waals surface area contributed by atoms with Gasteiger partial charge in [-0.3, -0.25) is 0 Å². The van der Waals surface area contributed by atoms with E-state index < -0.39 is 0 Å². The van der Waals surface area contributed by atoms with Crippen molar-refractivity contribution >= 4 is 71.2 Å². The molecule has 0 aliphatic heterocycles. The van der Waals surface area contributed by atoms with Crippen molar-refractivity contribution in [1.29, 1.82) is 0 Å². The van der Waals surface area contributed by atoms with Crippen LogP contribution in [0.25, 0.3) is 82.1 Å². The summed E-state index contributed by atoms with van der Waals surface area (Å²) in [5.41, 5.74) is 11.7. The fourth-order valence-electron chi connectivity index (χ4n) is 8.70. The van der Waals surface area contributed by atoms with Crippen LogP contribution in [0, 0.1) is 0 Å². The Morgan fingerprint density at radius 1 is 0.304 bits per heavy atom. The summed E-state index contributed by atoms with van der Waals surface area (Å²) >= 11 is 0. The molecule has 1 heterocycles. The molecule has 0 amide bonds. The molecule has 0 saturated carbocycles.